The Labute approximate surface area is 401 Å². The van der Waals surface area contributed by atoms with Gasteiger partial charge in [-0.05, 0) is 75.8 Å². The molecule has 3 aliphatic rings. The summed E-state index contributed by atoms with van der Waals surface area (Å²) < 4.78 is 139. The van der Waals surface area contributed by atoms with Crippen LogP contribution in [-0.4, -0.2) is 92.9 Å². The number of nitrogens with one attached hydrogen (secondary N) is 2. The molecule has 2 aromatic carbocycles. The predicted molar refractivity (Wildman–Crippen MR) is 247 cm³/mol. The third kappa shape index (κ3) is 9.23. The van der Waals surface area contributed by atoms with Crippen molar-refractivity contribution in [1.29, 1.82) is 0 Å². The number of likely N-dealkylation sites (tertiary alicyclic amines) is 1. The molecule has 9 rings (SSSR count). The van der Waals surface area contributed by atoms with Gasteiger partial charge in [-0.15, -0.1) is 0 Å². The molecule has 0 radical (unpaired) electrons. The maximum absolute atomic E-state index is 15.8. The molecule has 2 fully saturated rings. The fraction of sp³-hybridized carbons (Fsp3) is 0.478. The Balaban J connectivity index is 1.13. The van der Waals surface area contributed by atoms with Gasteiger partial charge in [0.05, 0.1) is 28.2 Å². The maximum Gasteiger partial charge on any atom is 0.435 e. The number of para-hydroxylation sites is 1. The molecule has 3 atom stereocenters. The van der Waals surface area contributed by atoms with Crippen molar-refractivity contribution in [2.24, 2.45) is 18.4 Å². The summed E-state index contributed by atoms with van der Waals surface area (Å²) in [6, 6.07) is 8.08. The Morgan fingerprint density at radius 1 is 0.971 bits per heavy atom. The van der Waals surface area contributed by atoms with Crippen LogP contribution in [-0.2, 0) is 51.7 Å². The lowest BCUT2D eigenvalue weighted by Gasteiger charge is -2.53. The first kappa shape index (κ1) is 49.0. The number of pyridine rings is 1. The van der Waals surface area contributed by atoms with Crippen LogP contribution >= 0.6 is 11.3 Å². The summed E-state index contributed by atoms with van der Waals surface area (Å²) in [5.74, 6) is -9.54. The van der Waals surface area contributed by atoms with Crippen molar-refractivity contribution in [2.45, 2.75) is 90.1 Å². The molecular formula is C46H49F7N10O5S2. The van der Waals surface area contributed by atoms with Crippen LogP contribution in [0.5, 0.6) is 0 Å². The van der Waals surface area contributed by atoms with Crippen LogP contribution in [0.15, 0.2) is 42.5 Å². The standard InChI is InChI=1S/C46H49F7N10O5S2/c1-23-24(2)45(49,50)38-34(23)37(46(51,52)53)57-63(38)20-33(64)54-31(17-25-15-26(47)18-27(48)16-25)35-30(28-9-8-10-29-36(28)60(6)58-39(29)59-70(7,66)67)19-32-40(55-35)56-41(69-32)61-13-11-44(12-14-61)21-62(22-44)42(65)68-43(3,4)5/h8-10,15-16,18-19,23-24,31H,11-14,17,20-22H2,1-7H3,(H,54,64)(H,58,59)/t23-,24+,31-/m0/s1. The number of nitrogens with zero attached hydrogens (tertiary/aromatic N) is 8. The van der Waals surface area contributed by atoms with Crippen molar-refractivity contribution in [3.63, 3.8) is 0 Å². The number of alkyl halides is 5. The summed E-state index contributed by atoms with van der Waals surface area (Å²) in [6.07, 6.45) is -3.38. The number of aryl methyl sites for hydroxylation is 1. The molecule has 0 saturated carbocycles. The summed E-state index contributed by atoms with van der Waals surface area (Å²) in [5, 5.41) is 11.6. The van der Waals surface area contributed by atoms with Crippen LogP contribution in [0.4, 0.5) is 46.5 Å². The van der Waals surface area contributed by atoms with Gasteiger partial charge in [0.25, 0.3) is 5.92 Å². The molecule has 4 aromatic heterocycles. The lowest BCUT2D eigenvalue weighted by atomic mass is 9.72. The van der Waals surface area contributed by atoms with Crippen molar-refractivity contribution in [3.05, 3.63) is 82.3 Å². The molecule has 70 heavy (non-hydrogen) atoms. The summed E-state index contributed by atoms with van der Waals surface area (Å²) in [7, 11) is -2.23. The van der Waals surface area contributed by atoms with Gasteiger partial charge in [-0.1, -0.05) is 37.3 Å². The second-order valence-electron chi connectivity index (χ2n) is 19.7. The molecule has 1 aliphatic carbocycles. The zero-order valence-corrected chi connectivity index (χ0v) is 40.6. The van der Waals surface area contributed by atoms with E-state index < -0.39 is 86.6 Å². The highest BCUT2D eigenvalue weighted by Gasteiger charge is 2.57. The van der Waals surface area contributed by atoms with Crippen molar-refractivity contribution in [3.8, 4) is 11.1 Å². The maximum atomic E-state index is 15.8. The van der Waals surface area contributed by atoms with E-state index in [0.29, 0.717) is 68.8 Å². The number of rotatable bonds is 10. The molecule has 2 saturated heterocycles. The molecular weight excluding hydrogens is 970 g/mol. The van der Waals surface area contributed by atoms with Gasteiger partial charge in [0, 0.05) is 72.7 Å². The fourth-order valence-corrected chi connectivity index (χ4v) is 11.4. The van der Waals surface area contributed by atoms with E-state index >= 15 is 8.78 Å². The Morgan fingerprint density at radius 3 is 2.27 bits per heavy atom. The van der Waals surface area contributed by atoms with E-state index in [4.69, 9.17) is 14.7 Å². The van der Waals surface area contributed by atoms with Gasteiger partial charge in [-0.3, -0.25) is 18.9 Å². The fourth-order valence-electron chi connectivity index (χ4n) is 9.91. The van der Waals surface area contributed by atoms with E-state index in [0.717, 1.165) is 38.2 Å². The SMILES string of the molecule is C[C@@H]1c2c(C(F)(F)F)nn(CC(=O)N[C@@H](Cc3cc(F)cc(F)c3)c3nc4nc(N5CCC6(CC5)CN(C(=O)OC(C)(C)C)C6)sc4cc3-c3cccc4c(NS(C)(=O)=O)nn(C)c34)c2C(F)(F)[C@@H]1C. The van der Waals surface area contributed by atoms with Crippen molar-refractivity contribution < 1.29 is 53.5 Å². The van der Waals surface area contributed by atoms with Crippen LogP contribution in [0.25, 0.3) is 32.4 Å². The number of fused-ring (bicyclic) bond motifs is 3. The number of sulfonamides is 1. The number of amides is 2. The first-order valence-corrected chi connectivity index (χ1v) is 25.1. The van der Waals surface area contributed by atoms with Gasteiger partial charge in [0.1, 0.15) is 29.5 Å². The molecule has 0 unspecified atom stereocenters. The van der Waals surface area contributed by atoms with Crippen LogP contribution < -0.4 is 14.9 Å². The second kappa shape index (κ2) is 17.1. The van der Waals surface area contributed by atoms with Crippen molar-refractivity contribution >= 4 is 65.6 Å². The van der Waals surface area contributed by atoms with Gasteiger partial charge < -0.3 is 19.9 Å². The highest BCUT2D eigenvalue weighted by molar-refractivity contribution is 7.92. The number of hydrogen-bond acceptors (Lipinski definition) is 11. The minimum absolute atomic E-state index is 0.00608. The number of thiazole rings is 1. The lowest BCUT2D eigenvalue weighted by Crippen LogP contribution is -2.62. The summed E-state index contributed by atoms with van der Waals surface area (Å²) in [6.45, 7) is 9.01. The molecule has 15 nitrogen and oxygen atoms in total. The van der Waals surface area contributed by atoms with Gasteiger partial charge >= 0.3 is 12.3 Å². The number of carbonyl (C=O) groups is 2. The van der Waals surface area contributed by atoms with Gasteiger partial charge in [-0.2, -0.15) is 37.1 Å². The van der Waals surface area contributed by atoms with Crippen molar-refractivity contribution in [1.82, 2.24) is 39.7 Å². The number of aromatic nitrogens is 6. The monoisotopic (exact) mass is 1020 g/mol. The smallest absolute Gasteiger partial charge is 0.435 e. The van der Waals surface area contributed by atoms with Crippen molar-refractivity contribution in [2.75, 3.05) is 42.1 Å². The normalized spacial score (nSPS) is 19.4. The minimum atomic E-state index is -5.12. The van der Waals surface area contributed by atoms with Gasteiger partial charge in [-0.25, -0.2) is 27.0 Å². The first-order chi connectivity index (χ1) is 32.6. The number of ether oxygens (including phenoxy) is 1. The highest BCUT2D eigenvalue weighted by Crippen LogP contribution is 2.55. The van der Waals surface area contributed by atoms with E-state index in [1.54, 1.807) is 36.2 Å². The second-order valence-corrected chi connectivity index (χ2v) is 22.4. The molecule has 2 aliphatic heterocycles. The number of anilines is 2. The predicted octanol–water partition coefficient (Wildman–Crippen LogP) is 8.89. The highest BCUT2D eigenvalue weighted by atomic mass is 32.2. The van der Waals surface area contributed by atoms with E-state index in [-0.39, 0.29) is 40.7 Å². The van der Waals surface area contributed by atoms with E-state index in [1.807, 2.05) is 20.8 Å². The number of hydrogen-bond donors (Lipinski definition) is 2. The van der Waals surface area contributed by atoms with Gasteiger partial charge in [0.2, 0.25) is 15.9 Å². The zero-order valence-electron chi connectivity index (χ0n) is 39.0. The molecule has 2 amide bonds. The minimum Gasteiger partial charge on any atom is -0.444 e. The van der Waals surface area contributed by atoms with E-state index in [9.17, 15) is 40.0 Å². The molecule has 24 heteroatoms. The average molecular weight is 1020 g/mol. The van der Waals surface area contributed by atoms with E-state index in [1.165, 1.54) is 22.9 Å². The largest absolute Gasteiger partial charge is 0.444 e. The number of carbonyl (C=O) groups excluding carboxylic acids is 2. The Hall–Kier alpha value is -6.04. The number of halogens is 7. The third-order valence-electron chi connectivity index (χ3n) is 13.3. The first-order valence-electron chi connectivity index (χ1n) is 22.4. The zero-order chi connectivity index (χ0) is 50.6. The summed E-state index contributed by atoms with van der Waals surface area (Å²) in [5.41, 5.74) is -2.52. The van der Waals surface area contributed by atoms with Crippen LogP contribution in [0.3, 0.4) is 0 Å². The topological polar surface area (TPSA) is 169 Å². The summed E-state index contributed by atoms with van der Waals surface area (Å²) >= 11 is 1.33. The number of piperidine rings is 1. The molecule has 6 heterocycles. The summed E-state index contributed by atoms with van der Waals surface area (Å²) in [4.78, 5) is 40.7. The molecule has 2 N–H and O–H groups in total. The Kier molecular flexibility index (Phi) is 11.9. The molecule has 6 aromatic rings. The Morgan fingerprint density at radius 2 is 1.64 bits per heavy atom. The third-order valence-corrected chi connectivity index (χ3v) is 14.9. The molecule has 0 bridgehead atoms. The molecule has 1 spiro atoms. The van der Waals surface area contributed by atoms with Crippen LogP contribution in [0, 0.1) is 23.0 Å². The average Bonchev–Trinajstić information content (AvgIpc) is 3.96. The Bertz CT molecular complexity index is 3170. The van der Waals surface area contributed by atoms with Gasteiger partial charge in [0.15, 0.2) is 22.3 Å². The van der Waals surface area contributed by atoms with Crippen LogP contribution in [0.1, 0.15) is 87.6 Å². The lowest BCUT2D eigenvalue weighted by molar-refractivity contribution is -0.143. The quantitative estimate of drug-likeness (QED) is 0.126. The molecule has 374 valence electrons. The van der Waals surface area contributed by atoms with E-state index in [2.05, 4.69) is 25.1 Å². The number of benzene rings is 2. The van der Waals surface area contributed by atoms with Crippen LogP contribution in [0.2, 0.25) is 0 Å².